The first-order chi connectivity index (χ1) is 15.6. The third-order valence-corrected chi connectivity index (χ3v) is 5.84. The van der Waals surface area contributed by atoms with Crippen LogP contribution in [0.2, 0.25) is 0 Å². The summed E-state index contributed by atoms with van der Waals surface area (Å²) in [4.78, 5) is 24.3. The van der Waals surface area contributed by atoms with E-state index in [1.54, 1.807) is 27.7 Å². The van der Waals surface area contributed by atoms with Crippen LogP contribution in [0.5, 0.6) is 5.75 Å². The van der Waals surface area contributed by atoms with Crippen LogP contribution in [0.15, 0.2) is 0 Å². The smallest absolute Gasteiger partial charge is 0.392 e. The van der Waals surface area contributed by atoms with Crippen LogP contribution in [0.25, 0.3) is 0 Å². The van der Waals surface area contributed by atoms with E-state index in [1.165, 1.54) is 0 Å². The van der Waals surface area contributed by atoms with Crippen molar-refractivity contribution < 1.29 is 50.1 Å². The van der Waals surface area contributed by atoms with E-state index in [4.69, 9.17) is 14.0 Å². The van der Waals surface area contributed by atoms with Crippen LogP contribution in [0.1, 0.15) is 41.5 Å². The van der Waals surface area contributed by atoms with Gasteiger partial charge in [-0.05, 0) is 25.7 Å². The van der Waals surface area contributed by atoms with Gasteiger partial charge in [0.2, 0.25) is 34.8 Å². The Hall–Kier alpha value is -2.24. The molecule has 0 aromatic heterocycles. The lowest BCUT2D eigenvalue weighted by Gasteiger charge is -2.26. The van der Waals surface area contributed by atoms with Gasteiger partial charge in [0.15, 0.2) is 0 Å². The second-order valence-corrected chi connectivity index (χ2v) is 10.1. The average molecular weight is 518 g/mol. The van der Waals surface area contributed by atoms with Gasteiger partial charge in [-0.1, -0.05) is 27.7 Å². The highest BCUT2D eigenvalue weighted by atomic mass is 31.2. The van der Waals surface area contributed by atoms with E-state index >= 15 is 0 Å². The molecule has 0 spiro atoms. The molecular weight excluding hydrogens is 490 g/mol. The molecule has 0 saturated heterocycles. The first-order valence-corrected chi connectivity index (χ1v) is 11.9. The molecule has 0 aliphatic heterocycles. The Morgan fingerprint density at radius 2 is 1.03 bits per heavy atom. The SMILES string of the molecule is CC(C)COC(=O)C(C)NP(=O)(NC(C)C(=O)OCC(C)C)Oc1c(F)c(F)c(F)c(F)c1F. The molecule has 2 atom stereocenters. The van der Waals surface area contributed by atoms with E-state index in [9.17, 15) is 36.1 Å². The fourth-order valence-electron chi connectivity index (χ4n) is 2.25. The summed E-state index contributed by atoms with van der Waals surface area (Å²) in [7, 11) is -4.90. The minimum Gasteiger partial charge on any atom is -0.464 e. The number of ether oxygens (including phenoxy) is 2. The van der Waals surface area contributed by atoms with Crippen LogP contribution >= 0.6 is 7.67 Å². The molecular formula is C20H28F5N2O6P. The van der Waals surface area contributed by atoms with Crippen LogP contribution in [0.3, 0.4) is 0 Å². The number of halogens is 5. The topological polar surface area (TPSA) is 103 Å². The molecule has 0 heterocycles. The summed E-state index contributed by atoms with van der Waals surface area (Å²) in [5, 5.41) is 4.18. The maximum Gasteiger partial charge on any atom is 0.392 e. The molecule has 0 fully saturated rings. The summed E-state index contributed by atoms with van der Waals surface area (Å²) >= 11 is 0. The lowest BCUT2D eigenvalue weighted by atomic mass is 10.2. The minimum atomic E-state index is -4.90. The van der Waals surface area contributed by atoms with Gasteiger partial charge in [0.1, 0.15) is 12.1 Å². The van der Waals surface area contributed by atoms with E-state index in [-0.39, 0.29) is 25.0 Å². The highest BCUT2D eigenvalue weighted by Gasteiger charge is 2.38. The molecule has 0 saturated carbocycles. The van der Waals surface area contributed by atoms with Crippen molar-refractivity contribution in [2.45, 2.75) is 53.6 Å². The fourth-order valence-corrected chi connectivity index (χ4v) is 4.07. The van der Waals surface area contributed by atoms with Crippen molar-refractivity contribution >= 4 is 19.6 Å². The molecule has 1 rings (SSSR count). The lowest BCUT2D eigenvalue weighted by Crippen LogP contribution is -2.43. The Kier molecular flexibility index (Phi) is 10.9. The third-order valence-electron chi connectivity index (χ3n) is 3.94. The number of esters is 2. The predicted octanol–water partition coefficient (Wildman–Crippen LogP) is 4.22. The average Bonchev–Trinajstić information content (AvgIpc) is 2.75. The van der Waals surface area contributed by atoms with Gasteiger partial charge in [0, 0.05) is 0 Å². The van der Waals surface area contributed by atoms with Gasteiger partial charge in [-0.3, -0.25) is 9.59 Å². The monoisotopic (exact) mass is 518 g/mol. The largest absolute Gasteiger partial charge is 0.464 e. The van der Waals surface area contributed by atoms with E-state index in [1.807, 2.05) is 0 Å². The number of benzene rings is 1. The molecule has 0 bridgehead atoms. The third kappa shape index (κ3) is 8.21. The second-order valence-electron chi connectivity index (χ2n) is 8.29. The summed E-state index contributed by atoms with van der Waals surface area (Å²) in [6, 6.07) is -2.89. The van der Waals surface area contributed by atoms with Crippen LogP contribution in [-0.2, 0) is 23.6 Å². The van der Waals surface area contributed by atoms with Crippen LogP contribution in [0, 0.1) is 40.9 Å². The van der Waals surface area contributed by atoms with Crippen molar-refractivity contribution in [3.05, 3.63) is 29.1 Å². The number of nitrogens with one attached hydrogen (secondary N) is 2. The summed E-state index contributed by atoms with van der Waals surface area (Å²) in [6.07, 6.45) is 0. The lowest BCUT2D eigenvalue weighted by molar-refractivity contribution is -0.146. The molecule has 0 amide bonds. The summed E-state index contributed by atoms with van der Waals surface area (Å²) < 4.78 is 96.8. The highest BCUT2D eigenvalue weighted by molar-refractivity contribution is 7.55. The Balaban J connectivity index is 3.29. The first-order valence-electron chi connectivity index (χ1n) is 10.3. The number of hydrogen-bond acceptors (Lipinski definition) is 6. The minimum absolute atomic E-state index is 0.0149. The van der Waals surface area contributed by atoms with Crippen molar-refractivity contribution in [1.82, 2.24) is 10.2 Å². The molecule has 0 radical (unpaired) electrons. The van der Waals surface area contributed by atoms with Crippen molar-refractivity contribution in [3.8, 4) is 5.75 Å². The molecule has 0 aliphatic carbocycles. The number of hydrogen-bond donors (Lipinski definition) is 2. The normalized spacial score (nSPS) is 15.1. The van der Waals surface area contributed by atoms with Crippen LogP contribution in [0.4, 0.5) is 22.0 Å². The van der Waals surface area contributed by atoms with E-state index in [0.29, 0.717) is 0 Å². The van der Waals surface area contributed by atoms with Gasteiger partial charge in [-0.15, -0.1) is 0 Å². The zero-order valence-electron chi connectivity index (χ0n) is 19.5. The summed E-state index contributed by atoms with van der Waals surface area (Å²) in [5.74, 6) is -15.8. The van der Waals surface area contributed by atoms with Gasteiger partial charge in [0.25, 0.3) is 0 Å². The number of rotatable bonds is 12. The zero-order chi connectivity index (χ0) is 26.4. The quantitative estimate of drug-likeness (QED) is 0.139. The van der Waals surface area contributed by atoms with Crippen molar-refractivity contribution in [2.24, 2.45) is 11.8 Å². The number of carbonyl (C=O) groups excluding carboxylic acids is 2. The molecule has 1 aromatic rings. The summed E-state index contributed by atoms with van der Waals surface area (Å²) in [6.45, 7) is 9.26. The maximum absolute atomic E-state index is 14.1. The molecule has 194 valence electrons. The summed E-state index contributed by atoms with van der Waals surface area (Å²) in [5.41, 5.74) is 0. The standard InChI is InChI=1S/C20H28F5N2O6P/c1-9(2)7-31-19(28)11(5)26-34(30,27-12(6)20(29)32-8-10(3)4)33-18-16(24)14(22)13(21)15(23)17(18)25/h9-12H,7-8H2,1-6H3,(H2,26,27,30). The van der Waals surface area contributed by atoms with Crippen molar-refractivity contribution in [1.29, 1.82) is 0 Å². The van der Waals surface area contributed by atoms with Crippen LogP contribution in [-0.4, -0.2) is 37.2 Å². The molecule has 0 aliphatic rings. The van der Waals surface area contributed by atoms with E-state index < -0.39 is 66.5 Å². The highest BCUT2D eigenvalue weighted by Crippen LogP contribution is 2.43. The molecule has 2 unspecified atom stereocenters. The Labute approximate surface area is 194 Å². The first kappa shape index (κ1) is 29.8. The maximum atomic E-state index is 14.1. The number of carbonyl (C=O) groups is 2. The van der Waals surface area contributed by atoms with E-state index in [2.05, 4.69) is 10.2 Å². The molecule has 1 aromatic carbocycles. The van der Waals surface area contributed by atoms with Gasteiger partial charge in [-0.2, -0.15) is 8.78 Å². The molecule has 8 nitrogen and oxygen atoms in total. The molecule has 14 heteroatoms. The van der Waals surface area contributed by atoms with Gasteiger partial charge in [-0.25, -0.2) is 27.9 Å². The zero-order valence-corrected chi connectivity index (χ0v) is 20.4. The predicted molar refractivity (Wildman–Crippen MR) is 111 cm³/mol. The Bertz CT molecular complexity index is 882. The van der Waals surface area contributed by atoms with Gasteiger partial charge < -0.3 is 14.0 Å². The Morgan fingerprint density at radius 1 is 0.706 bits per heavy atom. The molecule has 2 N–H and O–H groups in total. The van der Waals surface area contributed by atoms with Crippen molar-refractivity contribution in [2.75, 3.05) is 13.2 Å². The Morgan fingerprint density at radius 3 is 1.35 bits per heavy atom. The second kappa shape index (κ2) is 12.5. The van der Waals surface area contributed by atoms with E-state index in [0.717, 1.165) is 13.8 Å². The molecule has 34 heavy (non-hydrogen) atoms. The van der Waals surface area contributed by atoms with Gasteiger partial charge in [0.05, 0.1) is 13.2 Å². The van der Waals surface area contributed by atoms with Crippen molar-refractivity contribution in [3.63, 3.8) is 0 Å². The fraction of sp³-hybridized carbons (Fsp3) is 0.600. The van der Waals surface area contributed by atoms with Gasteiger partial charge >= 0.3 is 19.6 Å². The van der Waals surface area contributed by atoms with Crippen LogP contribution < -0.4 is 14.7 Å².